The first-order valence-electron chi connectivity index (χ1n) is 8.28. The van der Waals surface area contributed by atoms with Crippen LogP contribution in [0.4, 0.5) is 0 Å². The fraction of sp³-hybridized carbons (Fsp3) is 0.938. The van der Waals surface area contributed by atoms with Crippen LogP contribution in [0.1, 0.15) is 51.4 Å². The monoisotopic (exact) mass is 262 g/mol. The maximum atomic E-state index is 12.3. The highest BCUT2D eigenvalue weighted by atomic mass is 16.2. The summed E-state index contributed by atoms with van der Waals surface area (Å²) >= 11 is 0. The molecule has 0 aromatic heterocycles. The van der Waals surface area contributed by atoms with Gasteiger partial charge < -0.3 is 11.1 Å². The van der Waals surface area contributed by atoms with E-state index in [1.807, 2.05) is 0 Å². The molecule has 4 rings (SSSR count). The Morgan fingerprint density at radius 3 is 2.58 bits per heavy atom. The zero-order valence-corrected chi connectivity index (χ0v) is 11.7. The fourth-order valence-electron chi connectivity index (χ4n) is 5.79. The highest BCUT2D eigenvalue weighted by molar-refractivity contribution is 5.79. The molecular formula is C16H26N2O. The van der Waals surface area contributed by atoms with Gasteiger partial charge in [-0.1, -0.05) is 6.42 Å². The second-order valence-electron chi connectivity index (χ2n) is 7.54. The first-order chi connectivity index (χ1) is 9.22. The van der Waals surface area contributed by atoms with E-state index in [0.717, 1.165) is 42.9 Å². The molecule has 0 aliphatic heterocycles. The van der Waals surface area contributed by atoms with Crippen LogP contribution in [0, 0.1) is 29.6 Å². The van der Waals surface area contributed by atoms with E-state index in [4.69, 9.17) is 5.73 Å². The van der Waals surface area contributed by atoms with Crippen LogP contribution in [0.25, 0.3) is 0 Å². The van der Waals surface area contributed by atoms with Crippen molar-refractivity contribution in [3.05, 3.63) is 0 Å². The number of carbonyl (C=O) groups excluding carboxylic acids is 1. The molecule has 19 heavy (non-hydrogen) atoms. The lowest BCUT2D eigenvalue weighted by molar-refractivity contribution is -0.126. The Morgan fingerprint density at radius 1 is 0.947 bits per heavy atom. The number of nitrogens with one attached hydrogen (secondary N) is 1. The van der Waals surface area contributed by atoms with Crippen LogP contribution in [-0.4, -0.2) is 18.0 Å². The van der Waals surface area contributed by atoms with Gasteiger partial charge in [0.15, 0.2) is 0 Å². The summed E-state index contributed by atoms with van der Waals surface area (Å²) in [5.74, 6) is 4.19. The first-order valence-corrected chi connectivity index (χ1v) is 8.28. The van der Waals surface area contributed by atoms with Crippen molar-refractivity contribution in [3.63, 3.8) is 0 Å². The molecule has 0 aromatic rings. The summed E-state index contributed by atoms with van der Waals surface area (Å²) < 4.78 is 0. The standard InChI is InChI=1S/C16H26N2O/c17-11-5-4-9(6-11)16(19)18-15-8-10-7-14(15)13-3-1-2-12(10)13/h9-15H,1-8,17H2,(H,18,19). The Morgan fingerprint density at radius 2 is 1.79 bits per heavy atom. The summed E-state index contributed by atoms with van der Waals surface area (Å²) in [6.07, 6.45) is 9.90. The zero-order chi connectivity index (χ0) is 13.0. The van der Waals surface area contributed by atoms with Crippen molar-refractivity contribution in [2.45, 2.75) is 63.5 Å². The molecule has 0 aromatic carbocycles. The average Bonchev–Trinajstić information content (AvgIpc) is 3.08. The summed E-state index contributed by atoms with van der Waals surface area (Å²) in [6, 6.07) is 0.753. The average molecular weight is 262 g/mol. The van der Waals surface area contributed by atoms with E-state index in [2.05, 4.69) is 5.32 Å². The van der Waals surface area contributed by atoms with E-state index in [0.29, 0.717) is 11.9 Å². The molecule has 0 saturated heterocycles. The van der Waals surface area contributed by atoms with Gasteiger partial charge in [-0.05, 0) is 68.6 Å². The Hall–Kier alpha value is -0.570. The fourth-order valence-corrected chi connectivity index (χ4v) is 5.79. The third-order valence-electron chi connectivity index (χ3n) is 6.60. The summed E-state index contributed by atoms with van der Waals surface area (Å²) in [5.41, 5.74) is 5.92. The van der Waals surface area contributed by atoms with Gasteiger partial charge in [-0.3, -0.25) is 4.79 Å². The van der Waals surface area contributed by atoms with Gasteiger partial charge in [0.1, 0.15) is 0 Å². The molecule has 0 radical (unpaired) electrons. The topological polar surface area (TPSA) is 55.1 Å². The van der Waals surface area contributed by atoms with Crippen LogP contribution in [0.5, 0.6) is 0 Å². The van der Waals surface area contributed by atoms with Crippen LogP contribution >= 0.6 is 0 Å². The normalized spacial score (nSPS) is 51.5. The van der Waals surface area contributed by atoms with Crippen molar-refractivity contribution < 1.29 is 4.79 Å². The van der Waals surface area contributed by atoms with E-state index >= 15 is 0 Å². The van der Waals surface area contributed by atoms with E-state index in [1.54, 1.807) is 0 Å². The number of amides is 1. The first kappa shape index (κ1) is 12.2. The summed E-state index contributed by atoms with van der Waals surface area (Å²) in [5, 5.41) is 3.39. The van der Waals surface area contributed by atoms with Crippen molar-refractivity contribution in [3.8, 4) is 0 Å². The molecular weight excluding hydrogens is 236 g/mol. The predicted octanol–water partition coefficient (Wildman–Crippen LogP) is 2.05. The quantitative estimate of drug-likeness (QED) is 0.800. The number of nitrogens with two attached hydrogens (primary N) is 1. The zero-order valence-electron chi connectivity index (χ0n) is 11.7. The highest BCUT2D eigenvalue weighted by Gasteiger charge is 2.54. The molecule has 4 aliphatic rings. The van der Waals surface area contributed by atoms with Gasteiger partial charge >= 0.3 is 0 Å². The highest BCUT2D eigenvalue weighted by Crippen LogP contribution is 2.58. The van der Waals surface area contributed by atoms with E-state index in [1.165, 1.54) is 32.1 Å². The van der Waals surface area contributed by atoms with Gasteiger partial charge in [0.25, 0.3) is 0 Å². The molecule has 4 aliphatic carbocycles. The lowest BCUT2D eigenvalue weighted by Gasteiger charge is -2.32. The minimum Gasteiger partial charge on any atom is -0.353 e. The van der Waals surface area contributed by atoms with E-state index in [9.17, 15) is 4.79 Å². The van der Waals surface area contributed by atoms with Crippen molar-refractivity contribution in [1.29, 1.82) is 0 Å². The predicted molar refractivity (Wildman–Crippen MR) is 74.3 cm³/mol. The molecule has 1 amide bonds. The third-order valence-corrected chi connectivity index (χ3v) is 6.60. The van der Waals surface area contributed by atoms with Crippen LogP contribution in [-0.2, 0) is 4.79 Å². The Bertz CT molecular complexity index is 383. The number of fused-ring (bicyclic) bond motifs is 5. The maximum Gasteiger partial charge on any atom is 0.223 e. The van der Waals surface area contributed by atoms with Crippen LogP contribution in [0.2, 0.25) is 0 Å². The molecule has 7 atom stereocenters. The Balaban J connectivity index is 1.38. The van der Waals surface area contributed by atoms with Crippen molar-refractivity contribution in [1.82, 2.24) is 5.32 Å². The summed E-state index contributed by atoms with van der Waals surface area (Å²) in [4.78, 5) is 12.3. The van der Waals surface area contributed by atoms with Crippen LogP contribution in [0.15, 0.2) is 0 Å². The van der Waals surface area contributed by atoms with Gasteiger partial charge in [-0.25, -0.2) is 0 Å². The second-order valence-corrected chi connectivity index (χ2v) is 7.54. The molecule has 0 heterocycles. The molecule has 3 nitrogen and oxygen atoms in total. The third kappa shape index (κ3) is 1.93. The minimum atomic E-state index is 0.202. The molecule has 4 fully saturated rings. The van der Waals surface area contributed by atoms with Gasteiger partial charge in [0.05, 0.1) is 0 Å². The Labute approximate surface area is 115 Å². The van der Waals surface area contributed by atoms with Crippen LogP contribution in [0.3, 0.4) is 0 Å². The van der Waals surface area contributed by atoms with Crippen molar-refractivity contribution >= 4 is 5.91 Å². The molecule has 3 N–H and O–H groups in total. The summed E-state index contributed by atoms with van der Waals surface area (Å²) in [6.45, 7) is 0. The SMILES string of the molecule is NC1CCC(C(=O)NC2CC3CC2C2CCCC32)C1. The van der Waals surface area contributed by atoms with Gasteiger partial charge in [0, 0.05) is 18.0 Å². The maximum absolute atomic E-state index is 12.3. The van der Waals surface area contributed by atoms with Crippen molar-refractivity contribution in [2.24, 2.45) is 35.3 Å². The molecule has 3 heteroatoms. The Kier molecular flexibility index (Phi) is 2.87. The lowest BCUT2D eigenvalue weighted by atomic mass is 9.79. The number of hydrogen-bond acceptors (Lipinski definition) is 2. The van der Waals surface area contributed by atoms with E-state index in [-0.39, 0.29) is 12.0 Å². The largest absolute Gasteiger partial charge is 0.353 e. The molecule has 106 valence electrons. The smallest absolute Gasteiger partial charge is 0.223 e. The minimum absolute atomic E-state index is 0.202. The molecule has 4 saturated carbocycles. The van der Waals surface area contributed by atoms with Gasteiger partial charge in [-0.2, -0.15) is 0 Å². The number of hydrogen-bond donors (Lipinski definition) is 2. The van der Waals surface area contributed by atoms with E-state index < -0.39 is 0 Å². The van der Waals surface area contributed by atoms with Gasteiger partial charge in [0.2, 0.25) is 5.91 Å². The summed E-state index contributed by atoms with van der Waals surface area (Å²) in [7, 11) is 0. The lowest BCUT2D eigenvalue weighted by Crippen LogP contribution is -2.44. The number of carbonyl (C=O) groups is 1. The molecule has 0 spiro atoms. The van der Waals surface area contributed by atoms with Crippen LogP contribution < -0.4 is 11.1 Å². The van der Waals surface area contributed by atoms with Crippen molar-refractivity contribution in [2.75, 3.05) is 0 Å². The molecule has 2 bridgehead atoms. The van der Waals surface area contributed by atoms with Gasteiger partial charge in [-0.15, -0.1) is 0 Å². The molecule has 7 unspecified atom stereocenters. The second kappa shape index (κ2) is 4.47. The number of rotatable bonds is 2.